The van der Waals surface area contributed by atoms with Crippen LogP contribution in [0, 0.1) is 12.8 Å². The van der Waals surface area contributed by atoms with E-state index in [1.807, 2.05) is 4.68 Å². The van der Waals surface area contributed by atoms with Crippen molar-refractivity contribution in [3.63, 3.8) is 0 Å². The van der Waals surface area contributed by atoms with Gasteiger partial charge in [0.1, 0.15) is 5.82 Å². The quantitative estimate of drug-likeness (QED) is 0.588. The molecule has 0 aromatic carbocycles. The molecule has 1 aliphatic carbocycles. The van der Waals surface area contributed by atoms with Crippen LogP contribution in [-0.2, 0) is 35.5 Å². The van der Waals surface area contributed by atoms with Gasteiger partial charge in [0.15, 0.2) is 5.69 Å². The highest BCUT2D eigenvalue weighted by atomic mass is 16.2. The Morgan fingerprint density at radius 3 is 2.68 bits per heavy atom. The number of carbonyl (C=O) groups is 3. The Hall–Kier alpha value is -3.31. The van der Waals surface area contributed by atoms with Gasteiger partial charge in [-0.1, -0.05) is 13.8 Å². The first-order chi connectivity index (χ1) is 17.8. The van der Waals surface area contributed by atoms with E-state index in [9.17, 15) is 14.4 Å². The maximum atomic E-state index is 13.1. The summed E-state index contributed by atoms with van der Waals surface area (Å²) in [5, 5.41) is 22.3. The van der Waals surface area contributed by atoms with E-state index >= 15 is 0 Å². The summed E-state index contributed by atoms with van der Waals surface area (Å²) in [6, 6.07) is -0.0170. The van der Waals surface area contributed by atoms with Crippen molar-refractivity contribution in [3.8, 4) is 0 Å². The molecule has 2 aromatic rings. The molecular formula is C25H39N9O3. The molecular weight excluding hydrogens is 474 g/mol. The van der Waals surface area contributed by atoms with Crippen molar-refractivity contribution in [2.24, 2.45) is 5.92 Å². The van der Waals surface area contributed by atoms with E-state index < -0.39 is 0 Å². The summed E-state index contributed by atoms with van der Waals surface area (Å²) in [6.45, 7) is 8.78. The fourth-order valence-electron chi connectivity index (χ4n) is 5.02. The van der Waals surface area contributed by atoms with Crippen molar-refractivity contribution in [1.82, 2.24) is 45.5 Å². The Morgan fingerprint density at radius 2 is 1.92 bits per heavy atom. The molecule has 202 valence electrons. The number of hydrogen-bond acceptors (Lipinski definition) is 7. The number of aryl methyl sites for hydroxylation is 3. The van der Waals surface area contributed by atoms with Crippen LogP contribution in [0.15, 0.2) is 0 Å². The molecule has 1 atom stereocenters. The number of rotatable bonds is 6. The predicted molar refractivity (Wildman–Crippen MR) is 136 cm³/mol. The Kier molecular flexibility index (Phi) is 8.88. The molecule has 3 heterocycles. The van der Waals surface area contributed by atoms with Crippen LogP contribution in [-0.4, -0.2) is 78.3 Å². The first kappa shape index (κ1) is 26.7. The number of hydrogen-bond donors (Lipinski definition) is 2. The second-order valence-corrected chi connectivity index (χ2v) is 10.5. The molecule has 4 rings (SSSR count). The maximum Gasteiger partial charge on any atom is 0.272 e. The summed E-state index contributed by atoms with van der Waals surface area (Å²) in [7, 11) is 0. The SMILES string of the molecule is Cc1nnnn1CCC(=O)N1CCCNC(=O)c2nn(CCC(C)C)c3c2CC(CC3)NC(=O)CCC1. The molecule has 12 nitrogen and oxygen atoms in total. The lowest BCUT2D eigenvalue weighted by Gasteiger charge is -2.25. The van der Waals surface area contributed by atoms with Crippen molar-refractivity contribution in [3.05, 3.63) is 22.8 Å². The molecule has 12 heteroatoms. The van der Waals surface area contributed by atoms with Gasteiger partial charge < -0.3 is 15.5 Å². The minimum absolute atomic E-state index is 0.0155. The van der Waals surface area contributed by atoms with E-state index in [0.717, 1.165) is 37.1 Å². The van der Waals surface area contributed by atoms with E-state index in [0.29, 0.717) is 69.3 Å². The number of amides is 3. The van der Waals surface area contributed by atoms with Gasteiger partial charge in [-0.2, -0.15) is 5.10 Å². The smallest absolute Gasteiger partial charge is 0.272 e. The third kappa shape index (κ3) is 6.92. The average molecular weight is 514 g/mol. The van der Waals surface area contributed by atoms with Gasteiger partial charge in [0.25, 0.3) is 5.91 Å². The standard InChI is InChI=1S/C25H39N9O3/c1-17(2)9-14-34-21-8-7-19-16-20(21)24(29-34)25(37)26-11-5-13-32(12-4-6-22(35)27-19)23(36)10-15-33-18(3)28-30-31-33/h17,19H,4-16H2,1-3H3,(H,26,37)(H,27,35). The second-order valence-electron chi connectivity index (χ2n) is 10.5. The van der Waals surface area contributed by atoms with Crippen LogP contribution in [0.5, 0.6) is 0 Å². The Bertz CT molecular complexity index is 1110. The van der Waals surface area contributed by atoms with E-state index in [-0.39, 0.29) is 30.2 Å². The van der Waals surface area contributed by atoms with Crippen LogP contribution in [0.4, 0.5) is 0 Å². The van der Waals surface area contributed by atoms with Gasteiger partial charge in [-0.25, -0.2) is 4.68 Å². The Labute approximate surface area is 217 Å². The van der Waals surface area contributed by atoms with Crippen LogP contribution in [0.2, 0.25) is 0 Å². The van der Waals surface area contributed by atoms with Crippen molar-refractivity contribution >= 4 is 17.7 Å². The molecule has 0 spiro atoms. The van der Waals surface area contributed by atoms with Gasteiger partial charge in [-0.05, 0) is 61.8 Å². The second kappa shape index (κ2) is 12.3. The van der Waals surface area contributed by atoms with Crippen molar-refractivity contribution < 1.29 is 14.4 Å². The molecule has 37 heavy (non-hydrogen) atoms. The lowest BCUT2D eigenvalue weighted by Crippen LogP contribution is -2.40. The monoisotopic (exact) mass is 513 g/mol. The van der Waals surface area contributed by atoms with Gasteiger partial charge in [-0.3, -0.25) is 19.1 Å². The van der Waals surface area contributed by atoms with Crippen LogP contribution < -0.4 is 10.6 Å². The molecule has 1 unspecified atom stereocenters. The molecule has 0 saturated carbocycles. The lowest BCUT2D eigenvalue weighted by molar-refractivity contribution is -0.132. The minimum atomic E-state index is -0.187. The van der Waals surface area contributed by atoms with E-state index in [1.54, 1.807) is 16.5 Å². The van der Waals surface area contributed by atoms with E-state index in [2.05, 4.69) is 40.0 Å². The predicted octanol–water partition coefficient (Wildman–Crippen LogP) is 1.03. The van der Waals surface area contributed by atoms with Gasteiger partial charge >= 0.3 is 0 Å². The zero-order valence-corrected chi connectivity index (χ0v) is 22.2. The molecule has 0 saturated heterocycles. The van der Waals surface area contributed by atoms with Gasteiger partial charge in [0, 0.05) is 56.3 Å². The summed E-state index contributed by atoms with van der Waals surface area (Å²) in [5.41, 5.74) is 2.55. The van der Waals surface area contributed by atoms with Crippen LogP contribution >= 0.6 is 0 Å². The average Bonchev–Trinajstić information content (AvgIpc) is 3.44. The molecule has 1 aliphatic heterocycles. The van der Waals surface area contributed by atoms with E-state index in [1.165, 1.54) is 0 Å². The molecule has 2 aliphatic rings. The number of fused-ring (bicyclic) bond motifs is 1. The van der Waals surface area contributed by atoms with Crippen LogP contribution in [0.1, 0.15) is 79.9 Å². The van der Waals surface area contributed by atoms with Crippen molar-refractivity contribution in [1.29, 1.82) is 0 Å². The van der Waals surface area contributed by atoms with Crippen molar-refractivity contribution in [2.45, 2.75) is 91.3 Å². The highest BCUT2D eigenvalue weighted by Crippen LogP contribution is 2.26. The Balaban J connectivity index is 1.45. The molecule has 0 radical (unpaired) electrons. The highest BCUT2D eigenvalue weighted by molar-refractivity contribution is 5.94. The van der Waals surface area contributed by atoms with Gasteiger partial charge in [0.05, 0.1) is 6.54 Å². The number of carbonyl (C=O) groups excluding carboxylic acids is 3. The third-order valence-electron chi connectivity index (χ3n) is 7.17. The highest BCUT2D eigenvalue weighted by Gasteiger charge is 2.30. The Morgan fingerprint density at radius 1 is 1.11 bits per heavy atom. The number of nitrogens with zero attached hydrogens (tertiary/aromatic N) is 7. The summed E-state index contributed by atoms with van der Waals surface area (Å²) >= 11 is 0. The summed E-state index contributed by atoms with van der Waals surface area (Å²) < 4.78 is 3.60. The zero-order valence-electron chi connectivity index (χ0n) is 22.2. The maximum absolute atomic E-state index is 13.1. The van der Waals surface area contributed by atoms with Gasteiger partial charge in [-0.15, -0.1) is 5.10 Å². The summed E-state index contributed by atoms with van der Waals surface area (Å²) in [4.78, 5) is 40.6. The topological polar surface area (TPSA) is 140 Å². The number of nitrogens with one attached hydrogen (secondary N) is 2. The molecule has 0 fully saturated rings. The molecule has 2 N–H and O–H groups in total. The molecule has 2 bridgehead atoms. The van der Waals surface area contributed by atoms with Crippen LogP contribution in [0.25, 0.3) is 0 Å². The zero-order chi connectivity index (χ0) is 26.4. The number of aromatic nitrogens is 6. The first-order valence-corrected chi connectivity index (χ1v) is 13.5. The minimum Gasteiger partial charge on any atom is -0.353 e. The normalized spacial score (nSPS) is 19.2. The van der Waals surface area contributed by atoms with Crippen molar-refractivity contribution in [2.75, 3.05) is 19.6 Å². The van der Waals surface area contributed by atoms with E-state index in [4.69, 9.17) is 5.10 Å². The summed E-state index contributed by atoms with van der Waals surface area (Å²) in [5.74, 6) is 0.982. The largest absolute Gasteiger partial charge is 0.353 e. The first-order valence-electron chi connectivity index (χ1n) is 13.5. The lowest BCUT2D eigenvalue weighted by atomic mass is 9.91. The molecule has 3 amide bonds. The third-order valence-corrected chi connectivity index (χ3v) is 7.17. The van der Waals surface area contributed by atoms with Crippen LogP contribution in [0.3, 0.4) is 0 Å². The fraction of sp³-hybridized carbons (Fsp3) is 0.720. The fourth-order valence-corrected chi connectivity index (χ4v) is 5.02. The molecule has 2 aromatic heterocycles. The summed E-state index contributed by atoms with van der Waals surface area (Å²) in [6.07, 6.45) is 5.06. The van der Waals surface area contributed by atoms with Gasteiger partial charge in [0.2, 0.25) is 11.8 Å². The number of tetrazole rings is 1.